The van der Waals surface area contributed by atoms with Gasteiger partial charge in [0.2, 0.25) is 0 Å². The summed E-state index contributed by atoms with van der Waals surface area (Å²) in [4.78, 5) is 34.5. The SMILES string of the molecule is C/C=C(\C=C(/C)[C@@H](C)N(CC(C)C)C(=O)C(=O)Nc1cnc(N)c(CC)c1)CC1CCCCN1C. The third kappa shape index (κ3) is 8.20. The minimum Gasteiger partial charge on any atom is -0.383 e. The molecule has 1 aromatic rings. The molecule has 7 heteroatoms. The van der Waals surface area contributed by atoms with Gasteiger partial charge in [0, 0.05) is 12.6 Å². The Hall–Kier alpha value is -2.67. The van der Waals surface area contributed by atoms with Crippen LogP contribution in [0.1, 0.15) is 72.8 Å². The number of nitrogens with one attached hydrogen (secondary N) is 1. The number of nitrogens with zero attached hydrogens (tertiary/aromatic N) is 3. The predicted octanol–water partition coefficient (Wildman–Crippen LogP) is 4.80. The van der Waals surface area contributed by atoms with Crippen LogP contribution in [-0.2, 0) is 16.0 Å². The van der Waals surface area contributed by atoms with Crippen molar-refractivity contribution in [3.05, 3.63) is 41.1 Å². The van der Waals surface area contributed by atoms with Gasteiger partial charge in [-0.2, -0.15) is 0 Å². The number of pyridine rings is 1. The van der Waals surface area contributed by atoms with E-state index < -0.39 is 11.8 Å². The lowest BCUT2D eigenvalue weighted by molar-refractivity contribution is -0.144. The average Bonchev–Trinajstić information content (AvgIpc) is 2.83. The number of nitrogen functional groups attached to an aromatic ring is 1. The molecule has 1 fully saturated rings. The van der Waals surface area contributed by atoms with E-state index >= 15 is 0 Å². The van der Waals surface area contributed by atoms with E-state index in [1.165, 1.54) is 31.0 Å². The predicted molar refractivity (Wildman–Crippen MR) is 145 cm³/mol. The van der Waals surface area contributed by atoms with Crippen LogP contribution in [0, 0.1) is 5.92 Å². The molecule has 3 N–H and O–H groups in total. The lowest BCUT2D eigenvalue weighted by Gasteiger charge is -2.33. The van der Waals surface area contributed by atoms with Crippen LogP contribution in [0.2, 0.25) is 0 Å². The number of piperidine rings is 1. The monoisotopic (exact) mass is 483 g/mol. The number of rotatable bonds is 9. The standard InChI is InChI=1S/C28H45N5O2/c1-8-22(15-25-12-10-11-13-32(25)7)14-20(5)21(6)33(18-19(3)4)28(35)27(34)31-24-16-23(9-2)26(29)30-17-24/h8,14,16-17,19,21,25H,9-13,15,18H2,1-7H3,(H2,29,30)(H,31,34)/b20-14+,22-8+/t21-,25?/m1/s1. The topological polar surface area (TPSA) is 91.6 Å². The maximum atomic E-state index is 13.3. The molecule has 35 heavy (non-hydrogen) atoms. The van der Waals surface area contributed by atoms with E-state index in [4.69, 9.17) is 5.73 Å². The maximum absolute atomic E-state index is 13.3. The molecule has 1 unspecified atom stereocenters. The zero-order valence-corrected chi connectivity index (χ0v) is 22.7. The second-order valence-corrected chi connectivity index (χ2v) is 10.2. The molecule has 2 rings (SSSR count). The number of carbonyl (C=O) groups is 2. The molecule has 2 atom stereocenters. The Balaban J connectivity index is 2.17. The Morgan fingerprint density at radius 2 is 2.03 bits per heavy atom. The lowest BCUT2D eigenvalue weighted by atomic mass is 9.94. The molecule has 1 saturated heterocycles. The summed E-state index contributed by atoms with van der Waals surface area (Å²) in [5.74, 6) is -0.535. The molecule has 1 aromatic heterocycles. The summed E-state index contributed by atoms with van der Waals surface area (Å²) in [5, 5.41) is 2.72. The molecule has 0 spiro atoms. The average molecular weight is 484 g/mol. The lowest BCUT2D eigenvalue weighted by Crippen LogP contribution is -2.47. The van der Waals surface area contributed by atoms with Gasteiger partial charge in [0.15, 0.2) is 0 Å². The number of likely N-dealkylation sites (tertiary alicyclic amines) is 1. The van der Waals surface area contributed by atoms with Gasteiger partial charge in [-0.25, -0.2) is 4.98 Å². The van der Waals surface area contributed by atoms with E-state index in [9.17, 15) is 9.59 Å². The summed E-state index contributed by atoms with van der Waals surface area (Å²) in [7, 11) is 2.21. The van der Waals surface area contributed by atoms with Crippen molar-refractivity contribution in [2.24, 2.45) is 5.92 Å². The van der Waals surface area contributed by atoms with Gasteiger partial charge in [-0.15, -0.1) is 0 Å². The zero-order chi connectivity index (χ0) is 26.1. The van der Waals surface area contributed by atoms with Gasteiger partial charge >= 0.3 is 11.8 Å². The second-order valence-electron chi connectivity index (χ2n) is 10.2. The van der Waals surface area contributed by atoms with Crippen LogP contribution in [0.15, 0.2) is 35.6 Å². The van der Waals surface area contributed by atoms with Crippen LogP contribution >= 0.6 is 0 Å². The molecular formula is C28H45N5O2. The van der Waals surface area contributed by atoms with Gasteiger partial charge in [-0.3, -0.25) is 9.59 Å². The normalized spacial score (nSPS) is 18.5. The largest absolute Gasteiger partial charge is 0.383 e. The molecule has 0 bridgehead atoms. The highest BCUT2D eigenvalue weighted by Crippen LogP contribution is 2.24. The first kappa shape index (κ1) is 28.6. The number of hydrogen-bond donors (Lipinski definition) is 2. The molecule has 0 radical (unpaired) electrons. The van der Waals surface area contributed by atoms with Crippen molar-refractivity contribution >= 4 is 23.3 Å². The molecule has 194 valence electrons. The molecule has 2 amide bonds. The summed E-state index contributed by atoms with van der Waals surface area (Å²) in [5.41, 5.74) is 9.53. The van der Waals surface area contributed by atoms with Gasteiger partial charge < -0.3 is 20.9 Å². The molecular weight excluding hydrogens is 438 g/mol. The summed E-state index contributed by atoms with van der Waals surface area (Å²) < 4.78 is 0. The van der Waals surface area contributed by atoms with E-state index in [2.05, 4.69) is 62.1 Å². The third-order valence-electron chi connectivity index (χ3n) is 6.96. The number of amides is 2. The summed E-state index contributed by atoms with van der Waals surface area (Å²) in [6.45, 7) is 13.8. The van der Waals surface area contributed by atoms with Crippen molar-refractivity contribution in [1.82, 2.24) is 14.8 Å². The summed E-state index contributed by atoms with van der Waals surface area (Å²) in [6.07, 6.45) is 11.3. The molecule has 0 aromatic carbocycles. The van der Waals surface area contributed by atoms with Gasteiger partial charge in [0.05, 0.1) is 17.9 Å². The van der Waals surface area contributed by atoms with Gasteiger partial charge in [0.25, 0.3) is 0 Å². The molecule has 1 aliphatic rings. The van der Waals surface area contributed by atoms with Crippen molar-refractivity contribution in [2.45, 2.75) is 85.7 Å². The fourth-order valence-corrected chi connectivity index (χ4v) is 4.59. The first-order valence-corrected chi connectivity index (χ1v) is 13.0. The fourth-order valence-electron chi connectivity index (χ4n) is 4.59. The highest BCUT2D eigenvalue weighted by Gasteiger charge is 2.28. The first-order valence-electron chi connectivity index (χ1n) is 13.0. The minimum absolute atomic E-state index is 0.203. The van der Waals surface area contributed by atoms with Crippen molar-refractivity contribution in [2.75, 3.05) is 31.2 Å². The van der Waals surface area contributed by atoms with Gasteiger partial charge in [-0.05, 0) is 77.6 Å². The van der Waals surface area contributed by atoms with Gasteiger partial charge in [-0.1, -0.05) is 50.5 Å². The Kier molecular flexibility index (Phi) is 11.0. The highest BCUT2D eigenvalue weighted by molar-refractivity contribution is 6.39. The quantitative estimate of drug-likeness (QED) is 0.389. The number of aromatic nitrogens is 1. The van der Waals surface area contributed by atoms with Gasteiger partial charge in [0.1, 0.15) is 5.82 Å². The van der Waals surface area contributed by atoms with E-state index in [0.717, 1.165) is 24.1 Å². The second kappa shape index (κ2) is 13.4. The van der Waals surface area contributed by atoms with Crippen LogP contribution in [0.3, 0.4) is 0 Å². The Morgan fingerprint density at radius 1 is 1.31 bits per heavy atom. The summed E-state index contributed by atoms with van der Waals surface area (Å²) in [6, 6.07) is 2.12. The van der Waals surface area contributed by atoms with Crippen molar-refractivity contribution < 1.29 is 9.59 Å². The Bertz CT molecular complexity index is 937. The van der Waals surface area contributed by atoms with Crippen LogP contribution in [-0.4, -0.2) is 58.8 Å². The van der Waals surface area contributed by atoms with E-state index in [0.29, 0.717) is 30.5 Å². The fraction of sp³-hybridized carbons (Fsp3) is 0.607. The number of anilines is 2. The number of hydrogen-bond acceptors (Lipinski definition) is 5. The summed E-state index contributed by atoms with van der Waals surface area (Å²) >= 11 is 0. The number of nitrogens with two attached hydrogens (primary N) is 1. The van der Waals surface area contributed by atoms with E-state index in [-0.39, 0.29) is 12.0 Å². The highest BCUT2D eigenvalue weighted by atomic mass is 16.2. The number of allylic oxidation sites excluding steroid dienone is 2. The van der Waals surface area contributed by atoms with Crippen LogP contribution < -0.4 is 11.1 Å². The third-order valence-corrected chi connectivity index (χ3v) is 6.96. The molecule has 7 nitrogen and oxygen atoms in total. The number of aryl methyl sites for hydroxylation is 1. The first-order chi connectivity index (χ1) is 16.6. The Labute approximate surface area is 211 Å². The Morgan fingerprint density at radius 3 is 2.63 bits per heavy atom. The van der Waals surface area contributed by atoms with Crippen molar-refractivity contribution in [3.8, 4) is 0 Å². The zero-order valence-electron chi connectivity index (χ0n) is 22.7. The van der Waals surface area contributed by atoms with Crippen molar-refractivity contribution in [3.63, 3.8) is 0 Å². The van der Waals surface area contributed by atoms with Crippen LogP contribution in [0.4, 0.5) is 11.5 Å². The molecule has 1 aliphatic heterocycles. The molecule has 0 aliphatic carbocycles. The van der Waals surface area contributed by atoms with E-state index in [1.54, 1.807) is 11.0 Å². The maximum Gasteiger partial charge on any atom is 0.313 e. The minimum atomic E-state index is -0.658. The van der Waals surface area contributed by atoms with E-state index in [1.807, 2.05) is 13.8 Å². The van der Waals surface area contributed by atoms with Crippen molar-refractivity contribution in [1.29, 1.82) is 0 Å². The van der Waals surface area contributed by atoms with Crippen LogP contribution in [0.5, 0.6) is 0 Å². The van der Waals surface area contributed by atoms with Crippen LogP contribution in [0.25, 0.3) is 0 Å². The molecule has 0 saturated carbocycles. The smallest absolute Gasteiger partial charge is 0.313 e. The number of carbonyl (C=O) groups excluding carboxylic acids is 2. The molecule has 2 heterocycles.